The average Bonchev–Trinajstić information content (AvgIpc) is 2.95. The maximum Gasteiger partial charge on any atom is 0.131 e. The molecule has 1 aliphatic carbocycles. The van der Waals surface area contributed by atoms with E-state index in [4.69, 9.17) is 11.6 Å². The number of thioether (sulfide) groups is 1. The molecule has 0 radical (unpaired) electrons. The molecule has 2 nitrogen and oxygen atoms in total. The van der Waals surface area contributed by atoms with Gasteiger partial charge in [-0.3, -0.25) is 0 Å². The fourth-order valence-corrected chi connectivity index (χ4v) is 6.61. The van der Waals surface area contributed by atoms with Crippen molar-refractivity contribution in [3.05, 3.63) is 44.7 Å². The Morgan fingerprint density at radius 2 is 2.04 bits per heavy atom. The molecule has 1 aliphatic rings. The van der Waals surface area contributed by atoms with Gasteiger partial charge in [0.05, 0.1) is 20.4 Å². The summed E-state index contributed by atoms with van der Waals surface area (Å²) in [6.45, 7) is 4.57. The van der Waals surface area contributed by atoms with Gasteiger partial charge in [-0.2, -0.15) is 0 Å². The molecule has 0 spiro atoms. The molecule has 1 N–H and O–H groups in total. The van der Waals surface area contributed by atoms with Crippen LogP contribution in [0.5, 0.6) is 0 Å². The monoisotopic (exact) mass is 484 g/mol. The second-order valence-corrected chi connectivity index (χ2v) is 10.1. The van der Waals surface area contributed by atoms with E-state index in [0.717, 1.165) is 28.0 Å². The Morgan fingerprint density at radius 1 is 1.30 bits per heavy atom. The number of nitrogens with one attached hydrogen (secondary N) is 1. The van der Waals surface area contributed by atoms with Gasteiger partial charge < -0.3 is 5.32 Å². The number of pyridine rings is 1. The van der Waals surface area contributed by atoms with Gasteiger partial charge in [-0.25, -0.2) is 4.98 Å². The topological polar surface area (TPSA) is 24.9 Å². The molecule has 146 valence electrons. The highest BCUT2D eigenvalue weighted by molar-refractivity contribution is 9.10. The first-order valence-electron chi connectivity index (χ1n) is 9.62. The molecule has 1 fully saturated rings. The first-order valence-corrected chi connectivity index (χ1v) is 12.7. The van der Waals surface area contributed by atoms with Crippen LogP contribution in [0.4, 0.5) is 5.69 Å². The first kappa shape index (κ1) is 21.2. The molecule has 0 atom stereocenters. The lowest BCUT2D eigenvalue weighted by atomic mass is 9.90. The van der Waals surface area contributed by atoms with Gasteiger partial charge in [0.2, 0.25) is 0 Å². The Hall–Kier alpha value is -0.490. The van der Waals surface area contributed by atoms with Crippen LogP contribution >= 0.6 is 50.6 Å². The zero-order chi connectivity index (χ0) is 19.1. The lowest BCUT2D eigenvalue weighted by Crippen LogP contribution is -2.03. The van der Waals surface area contributed by atoms with Crippen molar-refractivity contribution >= 4 is 66.5 Å². The summed E-state index contributed by atoms with van der Waals surface area (Å²) in [5, 5.41) is 6.17. The summed E-state index contributed by atoms with van der Waals surface area (Å²) in [5.41, 5.74) is 2.10. The van der Waals surface area contributed by atoms with Crippen molar-refractivity contribution in [3.8, 4) is 0 Å². The SMILES string of the molecule is C=C/C=C\SCCNc1cc(Cl)nc2c(Br)c(C3CCCCCCC3)sc12. The first-order chi connectivity index (χ1) is 13.2. The van der Waals surface area contributed by atoms with Crippen LogP contribution in [0.15, 0.2) is 34.7 Å². The molecule has 0 bridgehead atoms. The number of hydrogen-bond donors (Lipinski definition) is 1. The van der Waals surface area contributed by atoms with Crippen molar-refractivity contribution in [2.75, 3.05) is 17.6 Å². The molecule has 3 rings (SSSR count). The quantitative estimate of drug-likeness (QED) is 0.242. The zero-order valence-electron chi connectivity index (χ0n) is 15.5. The maximum atomic E-state index is 6.33. The second kappa shape index (κ2) is 10.9. The third-order valence-electron chi connectivity index (χ3n) is 4.90. The van der Waals surface area contributed by atoms with Gasteiger partial charge >= 0.3 is 0 Å². The van der Waals surface area contributed by atoms with Gasteiger partial charge in [0.25, 0.3) is 0 Å². The standard InChI is InChI=1S/C21H26BrClN2S2/c1-2-3-12-26-13-11-24-16-14-17(23)25-19-18(22)20(27-21(16)19)15-9-7-5-4-6-8-10-15/h2-3,12,14-15H,1,4-11,13H2,(H,24,25)/b12-3-. The van der Waals surface area contributed by atoms with Gasteiger partial charge in [0.1, 0.15) is 5.15 Å². The summed E-state index contributed by atoms with van der Waals surface area (Å²) in [6, 6.07) is 1.96. The summed E-state index contributed by atoms with van der Waals surface area (Å²) in [4.78, 5) is 6.08. The lowest BCUT2D eigenvalue weighted by Gasteiger charge is -2.18. The van der Waals surface area contributed by atoms with Gasteiger partial charge in [-0.15, -0.1) is 23.1 Å². The van der Waals surface area contributed by atoms with Crippen molar-refractivity contribution in [2.24, 2.45) is 0 Å². The summed E-state index contributed by atoms with van der Waals surface area (Å²) in [5.74, 6) is 1.64. The van der Waals surface area contributed by atoms with Gasteiger partial charge in [0.15, 0.2) is 0 Å². The predicted octanol–water partition coefficient (Wildman–Crippen LogP) is 8.38. The average molecular weight is 486 g/mol. The fourth-order valence-electron chi connectivity index (χ4n) is 3.56. The molecule has 27 heavy (non-hydrogen) atoms. The van der Waals surface area contributed by atoms with E-state index in [1.165, 1.54) is 54.5 Å². The van der Waals surface area contributed by atoms with E-state index in [-0.39, 0.29) is 0 Å². The van der Waals surface area contributed by atoms with E-state index in [0.29, 0.717) is 11.1 Å². The van der Waals surface area contributed by atoms with Crippen LogP contribution in [0.25, 0.3) is 10.2 Å². The number of hydrogen-bond acceptors (Lipinski definition) is 4. The van der Waals surface area contributed by atoms with Crippen LogP contribution in [-0.2, 0) is 0 Å². The Labute approximate surface area is 184 Å². The fraction of sp³-hybridized carbons (Fsp3) is 0.476. The third-order valence-corrected chi connectivity index (χ3v) is 8.32. The number of thiophene rings is 1. The van der Waals surface area contributed by atoms with Crippen molar-refractivity contribution in [3.63, 3.8) is 0 Å². The van der Waals surface area contributed by atoms with E-state index < -0.39 is 0 Å². The van der Waals surface area contributed by atoms with Crippen molar-refractivity contribution in [2.45, 2.75) is 50.9 Å². The predicted molar refractivity (Wildman–Crippen MR) is 128 cm³/mol. The van der Waals surface area contributed by atoms with Crippen molar-refractivity contribution in [1.29, 1.82) is 0 Å². The zero-order valence-corrected chi connectivity index (χ0v) is 19.5. The number of aromatic nitrogens is 1. The summed E-state index contributed by atoms with van der Waals surface area (Å²) >= 11 is 13.8. The Bertz CT molecular complexity index is 795. The van der Waals surface area contributed by atoms with E-state index in [2.05, 4.69) is 38.2 Å². The van der Waals surface area contributed by atoms with Crippen LogP contribution in [0.2, 0.25) is 5.15 Å². The number of rotatable bonds is 7. The molecule has 1 saturated carbocycles. The van der Waals surface area contributed by atoms with Crippen LogP contribution in [0, 0.1) is 0 Å². The molecule has 6 heteroatoms. The number of anilines is 1. The maximum absolute atomic E-state index is 6.33. The van der Waals surface area contributed by atoms with E-state index >= 15 is 0 Å². The highest BCUT2D eigenvalue weighted by atomic mass is 79.9. The number of nitrogens with zero attached hydrogens (tertiary/aromatic N) is 1. The van der Waals surface area contributed by atoms with Crippen molar-refractivity contribution in [1.82, 2.24) is 4.98 Å². The highest BCUT2D eigenvalue weighted by Crippen LogP contribution is 2.46. The van der Waals surface area contributed by atoms with E-state index in [1.54, 1.807) is 17.8 Å². The molecule has 0 saturated heterocycles. The highest BCUT2D eigenvalue weighted by Gasteiger charge is 2.22. The summed E-state index contributed by atoms with van der Waals surface area (Å²) < 4.78 is 2.37. The Balaban J connectivity index is 1.80. The van der Waals surface area contributed by atoms with Gasteiger partial charge in [0, 0.05) is 23.2 Å². The minimum absolute atomic E-state index is 0.548. The molecular weight excluding hydrogens is 460 g/mol. The smallest absolute Gasteiger partial charge is 0.131 e. The third kappa shape index (κ3) is 5.75. The van der Waals surface area contributed by atoms with Crippen LogP contribution in [-0.4, -0.2) is 17.3 Å². The Kier molecular flexibility index (Phi) is 8.56. The molecule has 0 aliphatic heterocycles. The van der Waals surface area contributed by atoms with Gasteiger partial charge in [-0.05, 0) is 40.1 Å². The molecular formula is C21H26BrClN2S2. The molecule has 2 heterocycles. The molecule has 0 amide bonds. The molecule has 2 aromatic heterocycles. The minimum Gasteiger partial charge on any atom is -0.383 e. The van der Waals surface area contributed by atoms with Crippen LogP contribution < -0.4 is 5.32 Å². The van der Waals surface area contributed by atoms with Crippen molar-refractivity contribution < 1.29 is 0 Å². The number of halogens is 2. The Morgan fingerprint density at radius 3 is 2.78 bits per heavy atom. The van der Waals surface area contributed by atoms with Crippen LogP contribution in [0.3, 0.4) is 0 Å². The molecule has 0 unspecified atom stereocenters. The largest absolute Gasteiger partial charge is 0.383 e. The molecule has 2 aromatic rings. The molecule has 0 aromatic carbocycles. The van der Waals surface area contributed by atoms with E-state index in [9.17, 15) is 0 Å². The minimum atomic E-state index is 0.548. The van der Waals surface area contributed by atoms with Gasteiger partial charge in [-0.1, -0.05) is 62.4 Å². The lowest BCUT2D eigenvalue weighted by molar-refractivity contribution is 0.459. The summed E-state index contributed by atoms with van der Waals surface area (Å²) in [6.07, 6.45) is 13.1. The second-order valence-electron chi connectivity index (χ2n) is 6.85. The van der Waals surface area contributed by atoms with E-state index in [1.807, 2.05) is 23.5 Å². The number of allylic oxidation sites excluding steroid dienone is 2. The van der Waals surface area contributed by atoms with Crippen LogP contribution in [0.1, 0.15) is 55.7 Å². The number of fused-ring (bicyclic) bond motifs is 1. The normalized spacial score (nSPS) is 16.5. The summed E-state index contributed by atoms with van der Waals surface area (Å²) in [7, 11) is 0.